The number of piperidine rings is 1. The first-order valence-corrected chi connectivity index (χ1v) is 6.07. The predicted molar refractivity (Wildman–Crippen MR) is 64.5 cm³/mol. The molecule has 0 bridgehead atoms. The zero-order valence-corrected chi connectivity index (χ0v) is 10.6. The number of likely N-dealkylation sites (tertiary alicyclic amines) is 1. The van der Waals surface area contributed by atoms with Crippen LogP contribution in [0.2, 0.25) is 0 Å². The number of carbonyl (C=O) groups excluding carboxylic acids is 1. The van der Waals surface area contributed by atoms with Crippen LogP contribution in [0.5, 0.6) is 0 Å². The molecule has 4 nitrogen and oxygen atoms in total. The highest BCUT2D eigenvalue weighted by Crippen LogP contribution is 2.33. The van der Waals surface area contributed by atoms with Crippen LogP contribution in [0.3, 0.4) is 0 Å². The van der Waals surface area contributed by atoms with E-state index < -0.39 is 18.0 Å². The fourth-order valence-corrected chi connectivity index (χ4v) is 2.39. The van der Waals surface area contributed by atoms with Gasteiger partial charge in [0.15, 0.2) is 0 Å². The van der Waals surface area contributed by atoms with Crippen molar-refractivity contribution in [3.63, 3.8) is 0 Å². The lowest BCUT2D eigenvalue weighted by Gasteiger charge is -2.33. The predicted octanol–water partition coefficient (Wildman–Crippen LogP) is 2.02. The van der Waals surface area contributed by atoms with Gasteiger partial charge in [0.25, 0.3) is 5.91 Å². The number of aromatic nitrogens is 1. The molecule has 106 valence electrons. The Kier molecular flexibility index (Phi) is 3.47. The van der Waals surface area contributed by atoms with Gasteiger partial charge in [-0.1, -0.05) is 0 Å². The molecular weight excluding hydrogens is 259 g/mol. The van der Waals surface area contributed by atoms with Crippen LogP contribution < -0.4 is 5.73 Å². The van der Waals surface area contributed by atoms with Crippen LogP contribution in [0.15, 0.2) is 12.3 Å². The molecule has 1 unspecified atom stereocenters. The second-order valence-electron chi connectivity index (χ2n) is 4.90. The number of aryl methyl sites for hydroxylation is 1. The minimum absolute atomic E-state index is 0.0859. The lowest BCUT2D eigenvalue weighted by atomic mass is 9.97. The Hall–Kier alpha value is -1.66. The standard InChI is InChI=1S/C12H16F3N3O/c1-17-7-9(16)5-10(17)11(19)18-4-2-3-8(6-18)12(13,14)15/h5,7-8H,2-4,6,16H2,1H3. The van der Waals surface area contributed by atoms with Gasteiger partial charge < -0.3 is 15.2 Å². The van der Waals surface area contributed by atoms with E-state index in [1.807, 2.05) is 0 Å². The molecule has 1 fully saturated rings. The van der Waals surface area contributed by atoms with Crippen molar-refractivity contribution >= 4 is 11.6 Å². The van der Waals surface area contributed by atoms with Gasteiger partial charge in [0.05, 0.1) is 11.6 Å². The molecule has 1 saturated heterocycles. The van der Waals surface area contributed by atoms with Gasteiger partial charge >= 0.3 is 6.18 Å². The molecular formula is C12H16F3N3O. The number of carbonyl (C=O) groups is 1. The molecule has 19 heavy (non-hydrogen) atoms. The maximum absolute atomic E-state index is 12.7. The molecule has 1 aliphatic heterocycles. The van der Waals surface area contributed by atoms with Crippen molar-refractivity contribution in [3.05, 3.63) is 18.0 Å². The van der Waals surface area contributed by atoms with E-state index >= 15 is 0 Å². The third kappa shape index (κ3) is 2.85. The molecule has 1 aromatic rings. The van der Waals surface area contributed by atoms with Crippen molar-refractivity contribution in [2.45, 2.75) is 19.0 Å². The van der Waals surface area contributed by atoms with E-state index in [0.717, 1.165) is 0 Å². The average Bonchev–Trinajstić information content (AvgIpc) is 2.66. The summed E-state index contributed by atoms with van der Waals surface area (Å²) in [6, 6.07) is 1.49. The van der Waals surface area contributed by atoms with Gasteiger partial charge in [-0.15, -0.1) is 0 Å². The summed E-state index contributed by atoms with van der Waals surface area (Å²) in [5.74, 6) is -1.82. The number of anilines is 1. The third-order valence-electron chi connectivity index (χ3n) is 3.42. The summed E-state index contributed by atoms with van der Waals surface area (Å²) in [7, 11) is 1.65. The topological polar surface area (TPSA) is 51.3 Å². The summed E-state index contributed by atoms with van der Waals surface area (Å²) >= 11 is 0. The van der Waals surface area contributed by atoms with Gasteiger partial charge in [0.1, 0.15) is 5.69 Å². The van der Waals surface area contributed by atoms with Gasteiger partial charge in [0, 0.05) is 26.3 Å². The summed E-state index contributed by atoms with van der Waals surface area (Å²) in [4.78, 5) is 13.4. The fourth-order valence-electron chi connectivity index (χ4n) is 2.39. The normalized spacial score (nSPS) is 20.6. The Morgan fingerprint density at radius 1 is 1.47 bits per heavy atom. The lowest BCUT2D eigenvalue weighted by molar-refractivity contribution is -0.184. The molecule has 1 atom stereocenters. The van der Waals surface area contributed by atoms with Crippen molar-refractivity contribution in [3.8, 4) is 0 Å². The number of rotatable bonds is 1. The van der Waals surface area contributed by atoms with Gasteiger partial charge in [-0.25, -0.2) is 0 Å². The number of halogens is 3. The number of hydrogen-bond acceptors (Lipinski definition) is 2. The van der Waals surface area contributed by atoms with Crippen LogP contribution in [0.4, 0.5) is 18.9 Å². The first-order chi connectivity index (χ1) is 8.79. The maximum Gasteiger partial charge on any atom is 0.393 e. The molecule has 1 aliphatic rings. The highest BCUT2D eigenvalue weighted by atomic mass is 19.4. The van der Waals surface area contributed by atoms with Crippen LogP contribution in [0.25, 0.3) is 0 Å². The summed E-state index contributed by atoms with van der Waals surface area (Å²) < 4.78 is 39.6. The van der Waals surface area contributed by atoms with E-state index in [-0.39, 0.29) is 13.0 Å². The number of amides is 1. The number of alkyl halides is 3. The van der Waals surface area contributed by atoms with E-state index in [4.69, 9.17) is 5.73 Å². The van der Waals surface area contributed by atoms with Crippen molar-refractivity contribution in [1.82, 2.24) is 9.47 Å². The molecule has 0 aromatic carbocycles. The molecule has 0 aliphatic carbocycles. The summed E-state index contributed by atoms with van der Waals surface area (Å²) in [6.07, 6.45) is -2.22. The smallest absolute Gasteiger partial charge is 0.393 e. The summed E-state index contributed by atoms with van der Waals surface area (Å²) in [6.45, 7) is 0.0872. The van der Waals surface area contributed by atoms with Crippen LogP contribution in [-0.4, -0.2) is 34.6 Å². The van der Waals surface area contributed by atoms with Gasteiger partial charge in [0.2, 0.25) is 0 Å². The van der Waals surface area contributed by atoms with Crippen LogP contribution in [0.1, 0.15) is 23.3 Å². The minimum Gasteiger partial charge on any atom is -0.397 e. The minimum atomic E-state index is -4.24. The zero-order chi connectivity index (χ0) is 14.2. The highest BCUT2D eigenvalue weighted by Gasteiger charge is 2.42. The molecule has 0 spiro atoms. The zero-order valence-electron chi connectivity index (χ0n) is 10.6. The summed E-state index contributed by atoms with van der Waals surface area (Å²) in [5.41, 5.74) is 6.32. The molecule has 1 amide bonds. The molecule has 7 heteroatoms. The lowest BCUT2D eigenvalue weighted by Crippen LogP contribution is -2.45. The largest absolute Gasteiger partial charge is 0.397 e. The van der Waals surface area contributed by atoms with Crippen molar-refractivity contribution in [2.24, 2.45) is 13.0 Å². The van der Waals surface area contributed by atoms with E-state index in [1.54, 1.807) is 13.2 Å². The first-order valence-electron chi connectivity index (χ1n) is 6.07. The Balaban J connectivity index is 2.14. The summed E-state index contributed by atoms with van der Waals surface area (Å²) in [5, 5.41) is 0. The molecule has 1 aromatic heterocycles. The van der Waals surface area contributed by atoms with Gasteiger partial charge in [-0.2, -0.15) is 13.2 Å². The van der Waals surface area contributed by atoms with E-state index in [0.29, 0.717) is 24.3 Å². The average molecular weight is 275 g/mol. The van der Waals surface area contributed by atoms with Crippen LogP contribution >= 0.6 is 0 Å². The van der Waals surface area contributed by atoms with Crippen molar-refractivity contribution in [1.29, 1.82) is 0 Å². The fraction of sp³-hybridized carbons (Fsp3) is 0.583. The van der Waals surface area contributed by atoms with Crippen LogP contribution in [0, 0.1) is 5.92 Å². The Morgan fingerprint density at radius 2 is 2.16 bits per heavy atom. The maximum atomic E-state index is 12.7. The number of nitrogens with two attached hydrogens (primary N) is 1. The molecule has 2 rings (SSSR count). The molecule has 0 saturated carbocycles. The monoisotopic (exact) mass is 275 g/mol. The number of nitrogens with zero attached hydrogens (tertiary/aromatic N) is 2. The van der Waals surface area contributed by atoms with Crippen LogP contribution in [-0.2, 0) is 7.05 Å². The third-order valence-corrected chi connectivity index (χ3v) is 3.42. The Bertz CT molecular complexity index is 481. The van der Waals surface area contributed by atoms with E-state index in [1.165, 1.54) is 15.5 Å². The van der Waals surface area contributed by atoms with Crippen molar-refractivity contribution < 1.29 is 18.0 Å². The van der Waals surface area contributed by atoms with Crippen molar-refractivity contribution in [2.75, 3.05) is 18.8 Å². The second kappa shape index (κ2) is 4.79. The molecule has 2 heterocycles. The van der Waals surface area contributed by atoms with Gasteiger partial charge in [-0.3, -0.25) is 4.79 Å². The highest BCUT2D eigenvalue weighted by molar-refractivity contribution is 5.93. The second-order valence-corrected chi connectivity index (χ2v) is 4.90. The first kappa shape index (κ1) is 13.8. The van der Waals surface area contributed by atoms with E-state index in [2.05, 4.69) is 0 Å². The molecule has 0 radical (unpaired) electrons. The Morgan fingerprint density at radius 3 is 2.68 bits per heavy atom. The SMILES string of the molecule is Cn1cc(N)cc1C(=O)N1CCCC(C(F)(F)F)C1. The quantitative estimate of drug-likeness (QED) is 0.852. The number of nitrogen functional groups attached to an aromatic ring is 1. The van der Waals surface area contributed by atoms with E-state index in [9.17, 15) is 18.0 Å². The van der Waals surface area contributed by atoms with Gasteiger partial charge in [-0.05, 0) is 18.9 Å². The number of hydrogen-bond donors (Lipinski definition) is 1. The Labute approximate surface area is 109 Å². The molecule has 2 N–H and O–H groups in total.